The molecule has 0 saturated heterocycles. The van der Waals surface area contributed by atoms with Crippen LogP contribution in [-0.2, 0) is 11.2 Å². The third kappa shape index (κ3) is 5.09. The van der Waals surface area contributed by atoms with Gasteiger partial charge in [0.1, 0.15) is 5.75 Å². The van der Waals surface area contributed by atoms with Gasteiger partial charge in [0.2, 0.25) is 5.91 Å². The molecule has 1 atom stereocenters. The van der Waals surface area contributed by atoms with Gasteiger partial charge in [-0.25, -0.2) is 0 Å². The Bertz CT molecular complexity index is 786. The lowest BCUT2D eigenvalue weighted by atomic mass is 10.1. The molecule has 2 aromatic rings. The van der Waals surface area contributed by atoms with Gasteiger partial charge in [-0.3, -0.25) is 9.59 Å². The maximum absolute atomic E-state index is 12.2. The van der Waals surface area contributed by atoms with Crippen molar-refractivity contribution in [1.29, 1.82) is 0 Å². The second-order valence-corrected chi connectivity index (χ2v) is 6.77. The molecule has 1 aliphatic carbocycles. The summed E-state index contributed by atoms with van der Waals surface area (Å²) in [5.41, 5.74) is 2.97. The van der Waals surface area contributed by atoms with Crippen molar-refractivity contribution in [3.8, 4) is 5.75 Å². The van der Waals surface area contributed by atoms with Gasteiger partial charge >= 0.3 is 0 Å². The van der Waals surface area contributed by atoms with E-state index in [1.807, 2.05) is 12.1 Å². The van der Waals surface area contributed by atoms with Crippen molar-refractivity contribution in [3.63, 3.8) is 0 Å². The van der Waals surface area contributed by atoms with E-state index < -0.39 is 0 Å². The Hall–Kier alpha value is -2.82. The number of nitrogens with one attached hydrogen (secondary N) is 2. The first-order valence-electron chi connectivity index (χ1n) is 9.55. The monoisotopic (exact) mass is 366 g/mol. The molecule has 0 saturated carbocycles. The SMILES string of the molecule is CCCCOc1ccc(C(=O)NCC(=O)NC2CCc3ccccc32)cc1. The Morgan fingerprint density at radius 3 is 2.67 bits per heavy atom. The number of carbonyl (C=O) groups excluding carboxylic acids is 2. The highest BCUT2D eigenvalue weighted by molar-refractivity contribution is 5.96. The van der Waals surface area contributed by atoms with Crippen LogP contribution < -0.4 is 15.4 Å². The van der Waals surface area contributed by atoms with Crippen molar-refractivity contribution in [2.24, 2.45) is 0 Å². The van der Waals surface area contributed by atoms with Crippen LogP contribution >= 0.6 is 0 Å². The normalized spacial score (nSPS) is 15.1. The molecular weight excluding hydrogens is 340 g/mol. The number of hydrogen-bond acceptors (Lipinski definition) is 3. The third-order valence-corrected chi connectivity index (χ3v) is 4.76. The molecule has 1 unspecified atom stereocenters. The molecule has 142 valence electrons. The maximum atomic E-state index is 12.2. The molecule has 0 fully saturated rings. The Morgan fingerprint density at radius 1 is 1.11 bits per heavy atom. The number of fused-ring (bicyclic) bond motifs is 1. The molecule has 2 amide bonds. The Balaban J connectivity index is 1.45. The number of benzene rings is 2. The Labute approximate surface area is 160 Å². The molecule has 0 bridgehead atoms. The number of aryl methyl sites for hydroxylation is 1. The predicted molar refractivity (Wildman–Crippen MR) is 105 cm³/mol. The summed E-state index contributed by atoms with van der Waals surface area (Å²) in [6, 6.07) is 15.2. The third-order valence-electron chi connectivity index (χ3n) is 4.76. The summed E-state index contributed by atoms with van der Waals surface area (Å²) < 4.78 is 5.59. The van der Waals surface area contributed by atoms with Crippen molar-refractivity contribution in [2.75, 3.05) is 13.2 Å². The lowest BCUT2D eigenvalue weighted by molar-refractivity contribution is -0.120. The molecule has 5 nitrogen and oxygen atoms in total. The van der Waals surface area contributed by atoms with Gasteiger partial charge < -0.3 is 15.4 Å². The fraction of sp³-hybridized carbons (Fsp3) is 0.364. The average molecular weight is 366 g/mol. The highest BCUT2D eigenvalue weighted by Crippen LogP contribution is 2.30. The Morgan fingerprint density at radius 2 is 1.89 bits per heavy atom. The molecule has 0 radical (unpaired) electrons. The predicted octanol–water partition coefficient (Wildman–Crippen LogP) is 3.40. The van der Waals surface area contributed by atoms with E-state index in [-0.39, 0.29) is 24.4 Å². The van der Waals surface area contributed by atoms with E-state index in [1.54, 1.807) is 24.3 Å². The molecule has 27 heavy (non-hydrogen) atoms. The first-order chi connectivity index (χ1) is 13.2. The summed E-state index contributed by atoms with van der Waals surface area (Å²) in [5, 5.41) is 5.68. The lowest BCUT2D eigenvalue weighted by Crippen LogP contribution is -2.38. The van der Waals surface area contributed by atoms with Gasteiger partial charge in [-0.2, -0.15) is 0 Å². The van der Waals surface area contributed by atoms with Crippen LogP contribution in [0.25, 0.3) is 0 Å². The molecular formula is C22H26N2O3. The molecule has 0 aromatic heterocycles. The summed E-state index contributed by atoms with van der Waals surface area (Å²) in [7, 11) is 0. The van der Waals surface area contributed by atoms with E-state index in [4.69, 9.17) is 4.74 Å². The zero-order valence-electron chi connectivity index (χ0n) is 15.7. The summed E-state index contributed by atoms with van der Waals surface area (Å²) in [6.07, 6.45) is 3.95. The average Bonchev–Trinajstić information content (AvgIpc) is 3.10. The van der Waals surface area contributed by atoms with Crippen LogP contribution in [0.1, 0.15) is 53.7 Å². The van der Waals surface area contributed by atoms with Crippen molar-refractivity contribution < 1.29 is 14.3 Å². The van der Waals surface area contributed by atoms with Crippen LogP contribution in [0.2, 0.25) is 0 Å². The minimum absolute atomic E-state index is 0.0326. The Kier molecular flexibility index (Phi) is 6.47. The number of unbranched alkanes of at least 4 members (excludes halogenated alkanes) is 1. The van der Waals surface area contributed by atoms with Crippen molar-refractivity contribution in [3.05, 3.63) is 65.2 Å². The topological polar surface area (TPSA) is 67.4 Å². The van der Waals surface area contributed by atoms with Gasteiger partial charge in [0.25, 0.3) is 5.91 Å². The minimum Gasteiger partial charge on any atom is -0.494 e. The van der Waals surface area contributed by atoms with Crippen LogP contribution in [-0.4, -0.2) is 25.0 Å². The van der Waals surface area contributed by atoms with E-state index in [0.717, 1.165) is 31.4 Å². The number of ether oxygens (including phenoxy) is 1. The van der Waals surface area contributed by atoms with Gasteiger partial charge in [-0.05, 0) is 54.7 Å². The smallest absolute Gasteiger partial charge is 0.251 e. The highest BCUT2D eigenvalue weighted by Gasteiger charge is 2.23. The van der Waals surface area contributed by atoms with Crippen LogP contribution in [0.5, 0.6) is 5.75 Å². The van der Waals surface area contributed by atoms with Gasteiger partial charge in [0.05, 0.1) is 19.2 Å². The number of hydrogen-bond donors (Lipinski definition) is 2. The van der Waals surface area contributed by atoms with Gasteiger partial charge in [-0.15, -0.1) is 0 Å². The van der Waals surface area contributed by atoms with Crippen LogP contribution in [0.3, 0.4) is 0 Å². The van der Waals surface area contributed by atoms with Gasteiger partial charge in [0, 0.05) is 5.56 Å². The van der Waals surface area contributed by atoms with Crippen molar-refractivity contribution in [2.45, 2.75) is 38.6 Å². The molecule has 2 aromatic carbocycles. The van der Waals surface area contributed by atoms with Crippen molar-refractivity contribution in [1.82, 2.24) is 10.6 Å². The molecule has 2 N–H and O–H groups in total. The summed E-state index contributed by atoms with van der Waals surface area (Å²) >= 11 is 0. The molecule has 0 aliphatic heterocycles. The number of rotatable bonds is 8. The van der Waals surface area contributed by atoms with E-state index in [9.17, 15) is 9.59 Å². The zero-order chi connectivity index (χ0) is 19.1. The molecule has 0 heterocycles. The molecule has 5 heteroatoms. The number of carbonyl (C=O) groups is 2. The first kappa shape index (κ1) is 19.0. The number of amides is 2. The van der Waals surface area contributed by atoms with Gasteiger partial charge in [0.15, 0.2) is 0 Å². The quantitative estimate of drug-likeness (QED) is 0.704. The fourth-order valence-corrected chi connectivity index (χ4v) is 3.25. The second kappa shape index (κ2) is 9.21. The van der Waals surface area contributed by atoms with Crippen LogP contribution in [0.15, 0.2) is 48.5 Å². The molecule has 0 spiro atoms. The molecule has 3 rings (SSSR count). The minimum atomic E-state index is -0.267. The van der Waals surface area contributed by atoms with Crippen LogP contribution in [0, 0.1) is 0 Å². The lowest BCUT2D eigenvalue weighted by Gasteiger charge is -2.14. The van der Waals surface area contributed by atoms with E-state index in [2.05, 4.69) is 29.7 Å². The zero-order valence-corrected chi connectivity index (χ0v) is 15.7. The standard InChI is InChI=1S/C22H26N2O3/c1-2-3-14-27-18-11-8-17(9-12-18)22(26)23-15-21(25)24-20-13-10-16-6-4-5-7-19(16)20/h4-9,11-12,20H,2-3,10,13-15H2,1H3,(H,23,26)(H,24,25). The summed E-state index contributed by atoms with van der Waals surface area (Å²) in [4.78, 5) is 24.4. The maximum Gasteiger partial charge on any atom is 0.251 e. The second-order valence-electron chi connectivity index (χ2n) is 6.77. The first-order valence-corrected chi connectivity index (χ1v) is 9.55. The van der Waals surface area contributed by atoms with E-state index in [0.29, 0.717) is 12.2 Å². The van der Waals surface area contributed by atoms with E-state index in [1.165, 1.54) is 11.1 Å². The summed E-state index contributed by atoms with van der Waals surface area (Å²) in [6.45, 7) is 2.75. The summed E-state index contributed by atoms with van der Waals surface area (Å²) in [5.74, 6) is 0.305. The largest absolute Gasteiger partial charge is 0.494 e. The van der Waals surface area contributed by atoms with Crippen LogP contribution in [0.4, 0.5) is 0 Å². The highest BCUT2D eigenvalue weighted by atomic mass is 16.5. The van der Waals surface area contributed by atoms with Gasteiger partial charge in [-0.1, -0.05) is 37.6 Å². The van der Waals surface area contributed by atoms with Crippen molar-refractivity contribution >= 4 is 11.8 Å². The molecule has 1 aliphatic rings. The fourth-order valence-electron chi connectivity index (χ4n) is 3.25. The van der Waals surface area contributed by atoms with E-state index >= 15 is 0 Å².